The number of rotatable bonds is 4. The maximum atomic E-state index is 13.2. The summed E-state index contributed by atoms with van der Waals surface area (Å²) in [6, 6.07) is 5.14. The summed E-state index contributed by atoms with van der Waals surface area (Å²) < 4.78 is 16.3. The van der Waals surface area contributed by atoms with Crippen LogP contribution in [0, 0.1) is 0 Å². The van der Waals surface area contributed by atoms with Gasteiger partial charge in [-0.05, 0) is 37.0 Å². The third-order valence-corrected chi connectivity index (χ3v) is 6.51. The van der Waals surface area contributed by atoms with Gasteiger partial charge in [0.05, 0.1) is 0 Å². The van der Waals surface area contributed by atoms with Gasteiger partial charge in [0.15, 0.2) is 11.5 Å². The van der Waals surface area contributed by atoms with E-state index >= 15 is 0 Å². The highest BCUT2D eigenvalue weighted by Gasteiger charge is 2.40. The second kappa shape index (κ2) is 8.37. The van der Waals surface area contributed by atoms with Crippen molar-refractivity contribution in [2.45, 2.75) is 44.4 Å². The van der Waals surface area contributed by atoms with Gasteiger partial charge in [0.1, 0.15) is 12.1 Å². The van der Waals surface area contributed by atoms with Crippen molar-refractivity contribution in [3.05, 3.63) is 23.8 Å². The number of nitrogens with zero attached hydrogens (tertiary/aromatic N) is 3. The normalized spacial score (nSPS) is 25.4. The molecule has 4 heterocycles. The van der Waals surface area contributed by atoms with Crippen molar-refractivity contribution in [3.8, 4) is 11.5 Å². The van der Waals surface area contributed by atoms with Crippen molar-refractivity contribution < 1.29 is 28.6 Å². The highest BCUT2D eigenvalue weighted by Crippen LogP contribution is 2.34. The number of benzene rings is 1. The highest BCUT2D eigenvalue weighted by atomic mass is 16.7. The molecule has 1 aromatic carbocycles. The summed E-state index contributed by atoms with van der Waals surface area (Å²) in [7, 11) is 0. The fraction of sp³-hybridized carbons (Fsp3) is 0.591. The molecule has 9 heteroatoms. The molecule has 0 spiro atoms. The van der Waals surface area contributed by atoms with Gasteiger partial charge in [-0.25, -0.2) is 0 Å². The molecule has 166 valence electrons. The first-order valence-electron chi connectivity index (χ1n) is 11.0. The molecule has 0 aliphatic carbocycles. The van der Waals surface area contributed by atoms with Crippen molar-refractivity contribution in [3.63, 3.8) is 0 Å². The van der Waals surface area contributed by atoms with Crippen LogP contribution in [0.1, 0.15) is 31.2 Å². The molecule has 0 aromatic heterocycles. The van der Waals surface area contributed by atoms with Crippen LogP contribution in [0.2, 0.25) is 0 Å². The van der Waals surface area contributed by atoms with Crippen LogP contribution in [0.25, 0.3) is 0 Å². The maximum absolute atomic E-state index is 13.2. The topological polar surface area (TPSA) is 88.6 Å². The number of carbonyl (C=O) groups is 3. The van der Waals surface area contributed by atoms with Gasteiger partial charge in [0, 0.05) is 45.8 Å². The number of ether oxygens (including phenoxy) is 3. The summed E-state index contributed by atoms with van der Waals surface area (Å²) in [6.07, 6.45) is 2.27. The molecule has 2 atom stereocenters. The van der Waals surface area contributed by atoms with Gasteiger partial charge in [-0.1, -0.05) is 6.07 Å². The fourth-order valence-electron chi connectivity index (χ4n) is 4.76. The molecule has 3 fully saturated rings. The minimum atomic E-state index is -0.460. The van der Waals surface area contributed by atoms with E-state index in [0.29, 0.717) is 63.7 Å². The first-order valence-corrected chi connectivity index (χ1v) is 11.0. The van der Waals surface area contributed by atoms with E-state index in [-0.39, 0.29) is 30.6 Å². The SMILES string of the molecule is O=C(C1CCCO1)N1CCN(C(=O)C2CCC(=O)N2Cc2ccc3c(c2)OCO3)CC1. The van der Waals surface area contributed by atoms with Gasteiger partial charge >= 0.3 is 0 Å². The Kier molecular flexibility index (Phi) is 5.43. The zero-order chi connectivity index (χ0) is 21.4. The second-order valence-electron chi connectivity index (χ2n) is 8.42. The predicted octanol–water partition coefficient (Wildman–Crippen LogP) is 0.756. The molecule has 0 bridgehead atoms. The average Bonchev–Trinajstić information content (AvgIpc) is 3.55. The van der Waals surface area contributed by atoms with Crippen LogP contribution < -0.4 is 9.47 Å². The van der Waals surface area contributed by atoms with Crippen LogP contribution in [0.15, 0.2) is 18.2 Å². The van der Waals surface area contributed by atoms with E-state index in [1.807, 2.05) is 18.2 Å². The number of fused-ring (bicyclic) bond motifs is 1. The molecule has 31 heavy (non-hydrogen) atoms. The Hall–Kier alpha value is -2.81. The highest BCUT2D eigenvalue weighted by molar-refractivity contribution is 5.91. The van der Waals surface area contributed by atoms with Gasteiger partial charge in [0.25, 0.3) is 5.91 Å². The molecule has 3 amide bonds. The lowest BCUT2D eigenvalue weighted by Gasteiger charge is -2.38. The van der Waals surface area contributed by atoms with Crippen molar-refractivity contribution >= 4 is 17.7 Å². The largest absolute Gasteiger partial charge is 0.454 e. The quantitative estimate of drug-likeness (QED) is 0.702. The van der Waals surface area contributed by atoms with Gasteiger partial charge in [-0.15, -0.1) is 0 Å². The lowest BCUT2D eigenvalue weighted by atomic mass is 10.1. The zero-order valence-electron chi connectivity index (χ0n) is 17.5. The van der Waals surface area contributed by atoms with Crippen LogP contribution in [0.3, 0.4) is 0 Å². The third kappa shape index (κ3) is 3.94. The third-order valence-electron chi connectivity index (χ3n) is 6.51. The van der Waals surface area contributed by atoms with E-state index in [9.17, 15) is 14.4 Å². The van der Waals surface area contributed by atoms with E-state index in [4.69, 9.17) is 14.2 Å². The summed E-state index contributed by atoms with van der Waals surface area (Å²) in [5.41, 5.74) is 0.907. The molecular formula is C22H27N3O6. The summed E-state index contributed by atoms with van der Waals surface area (Å²) in [4.78, 5) is 43.5. The molecule has 1 aromatic rings. The summed E-state index contributed by atoms with van der Waals surface area (Å²) >= 11 is 0. The first kappa shape index (κ1) is 20.1. The Bertz CT molecular complexity index is 876. The Labute approximate surface area is 180 Å². The van der Waals surface area contributed by atoms with E-state index in [2.05, 4.69) is 0 Å². The van der Waals surface area contributed by atoms with Crippen molar-refractivity contribution in [1.29, 1.82) is 0 Å². The van der Waals surface area contributed by atoms with E-state index in [0.717, 1.165) is 18.4 Å². The Morgan fingerprint density at radius 2 is 1.71 bits per heavy atom. The molecular weight excluding hydrogens is 402 g/mol. The summed E-state index contributed by atoms with van der Waals surface area (Å²) in [5, 5.41) is 0. The van der Waals surface area contributed by atoms with Crippen LogP contribution in [-0.2, 0) is 25.7 Å². The van der Waals surface area contributed by atoms with Gasteiger partial charge in [-0.3, -0.25) is 14.4 Å². The minimum absolute atomic E-state index is 0.0109. The lowest BCUT2D eigenvalue weighted by molar-refractivity contribution is -0.148. The Balaban J connectivity index is 1.20. The van der Waals surface area contributed by atoms with Crippen LogP contribution in [-0.4, -0.2) is 84.1 Å². The molecule has 2 unspecified atom stereocenters. The Morgan fingerprint density at radius 3 is 2.45 bits per heavy atom. The summed E-state index contributed by atoms with van der Waals surface area (Å²) in [6.45, 7) is 3.19. The molecule has 5 rings (SSSR count). The first-order chi connectivity index (χ1) is 15.1. The van der Waals surface area contributed by atoms with Crippen LogP contribution in [0.4, 0.5) is 0 Å². The number of hydrogen-bond acceptors (Lipinski definition) is 6. The molecule has 4 aliphatic heterocycles. The van der Waals surface area contributed by atoms with Gasteiger partial charge < -0.3 is 28.9 Å². The molecule has 0 saturated carbocycles. The smallest absolute Gasteiger partial charge is 0.251 e. The fourth-order valence-corrected chi connectivity index (χ4v) is 4.76. The molecule has 0 N–H and O–H groups in total. The predicted molar refractivity (Wildman–Crippen MR) is 108 cm³/mol. The number of piperazine rings is 1. The van der Waals surface area contributed by atoms with Gasteiger partial charge in [-0.2, -0.15) is 0 Å². The number of carbonyl (C=O) groups excluding carboxylic acids is 3. The molecule has 0 radical (unpaired) electrons. The molecule has 4 aliphatic rings. The number of amides is 3. The number of likely N-dealkylation sites (tertiary alicyclic amines) is 1. The van der Waals surface area contributed by atoms with Crippen LogP contribution >= 0.6 is 0 Å². The Morgan fingerprint density at radius 1 is 0.968 bits per heavy atom. The van der Waals surface area contributed by atoms with Crippen molar-refractivity contribution in [1.82, 2.24) is 14.7 Å². The van der Waals surface area contributed by atoms with Crippen molar-refractivity contribution in [2.24, 2.45) is 0 Å². The maximum Gasteiger partial charge on any atom is 0.251 e. The molecule has 9 nitrogen and oxygen atoms in total. The average molecular weight is 429 g/mol. The monoisotopic (exact) mass is 429 g/mol. The standard InChI is InChI=1S/C22H27N3O6/c26-20-6-4-16(25(20)13-15-3-5-17-19(12-15)31-14-30-17)21(27)23-7-9-24(10-8-23)22(28)18-2-1-11-29-18/h3,5,12,16,18H,1-2,4,6-11,13-14H2. The van der Waals surface area contributed by atoms with Crippen LogP contribution in [0.5, 0.6) is 11.5 Å². The van der Waals surface area contributed by atoms with Gasteiger partial charge in [0.2, 0.25) is 18.6 Å². The lowest BCUT2D eigenvalue weighted by Crippen LogP contribution is -2.56. The number of hydrogen-bond donors (Lipinski definition) is 0. The van der Waals surface area contributed by atoms with E-state index < -0.39 is 6.04 Å². The molecule has 3 saturated heterocycles. The minimum Gasteiger partial charge on any atom is -0.454 e. The summed E-state index contributed by atoms with van der Waals surface area (Å²) in [5.74, 6) is 1.35. The van der Waals surface area contributed by atoms with Crippen molar-refractivity contribution in [2.75, 3.05) is 39.6 Å². The zero-order valence-corrected chi connectivity index (χ0v) is 17.5. The second-order valence-corrected chi connectivity index (χ2v) is 8.42. The van der Waals surface area contributed by atoms with E-state index in [1.54, 1.807) is 14.7 Å². The van der Waals surface area contributed by atoms with E-state index in [1.165, 1.54) is 0 Å².